The quantitative estimate of drug-likeness (QED) is 0.814. The normalized spacial score (nSPS) is 19.1. The van der Waals surface area contributed by atoms with Gasteiger partial charge < -0.3 is 5.11 Å². The molecule has 0 aliphatic heterocycles. The highest BCUT2D eigenvalue weighted by Gasteiger charge is 2.23. The zero-order valence-electron chi connectivity index (χ0n) is 11.7. The number of hydrogen-bond donors (Lipinski definition) is 1. The molecule has 2 unspecified atom stereocenters. The van der Waals surface area contributed by atoms with Crippen LogP contribution >= 0.6 is 15.9 Å². The lowest BCUT2D eigenvalue weighted by Gasteiger charge is -2.27. The van der Waals surface area contributed by atoms with E-state index in [0.29, 0.717) is 16.8 Å². The van der Waals surface area contributed by atoms with Crippen molar-refractivity contribution in [3.63, 3.8) is 0 Å². The molecule has 2 aromatic rings. The summed E-state index contributed by atoms with van der Waals surface area (Å²) in [5.41, 5.74) is 3.54. The van der Waals surface area contributed by atoms with Gasteiger partial charge in [0.15, 0.2) is 0 Å². The van der Waals surface area contributed by atoms with Crippen molar-refractivity contribution in [1.29, 1.82) is 0 Å². The highest BCUT2D eigenvalue weighted by Crippen LogP contribution is 2.38. The van der Waals surface area contributed by atoms with Crippen molar-refractivity contribution in [2.24, 2.45) is 0 Å². The van der Waals surface area contributed by atoms with Gasteiger partial charge in [0.05, 0.1) is 10.6 Å². The molecule has 0 aromatic heterocycles. The molecule has 1 aliphatic carbocycles. The molecule has 0 heterocycles. The minimum absolute atomic E-state index is 0.297. The van der Waals surface area contributed by atoms with Crippen molar-refractivity contribution in [2.45, 2.75) is 37.7 Å². The Hall–Kier alpha value is -1.19. The second-order valence-electron chi connectivity index (χ2n) is 5.71. The summed E-state index contributed by atoms with van der Waals surface area (Å²) in [6, 6.07) is 13.2. The van der Waals surface area contributed by atoms with E-state index in [4.69, 9.17) is 0 Å². The molecular weight excluding hydrogens is 331 g/mol. The Kier molecular flexibility index (Phi) is 4.41. The third-order valence-electron chi connectivity index (χ3n) is 4.33. The first-order valence-corrected chi connectivity index (χ1v) is 8.15. The van der Waals surface area contributed by atoms with Gasteiger partial charge in [-0.1, -0.05) is 30.3 Å². The van der Waals surface area contributed by atoms with Crippen LogP contribution in [0.3, 0.4) is 0 Å². The van der Waals surface area contributed by atoms with E-state index in [-0.39, 0.29) is 5.82 Å². The van der Waals surface area contributed by atoms with Gasteiger partial charge in [-0.15, -0.1) is 0 Å². The second-order valence-corrected chi connectivity index (χ2v) is 6.57. The summed E-state index contributed by atoms with van der Waals surface area (Å²) in [5, 5.41) is 10.5. The first-order chi connectivity index (χ1) is 10.1. The van der Waals surface area contributed by atoms with Crippen LogP contribution in [-0.4, -0.2) is 5.11 Å². The van der Waals surface area contributed by atoms with Gasteiger partial charge in [-0.3, -0.25) is 0 Å². The highest BCUT2D eigenvalue weighted by molar-refractivity contribution is 9.10. The molecule has 0 amide bonds. The first kappa shape index (κ1) is 14.7. The highest BCUT2D eigenvalue weighted by atomic mass is 79.9. The van der Waals surface area contributed by atoms with Crippen LogP contribution < -0.4 is 0 Å². The van der Waals surface area contributed by atoms with Crippen molar-refractivity contribution >= 4 is 15.9 Å². The van der Waals surface area contributed by atoms with E-state index in [0.717, 1.165) is 18.4 Å². The summed E-state index contributed by atoms with van der Waals surface area (Å²) in [7, 11) is 0. The van der Waals surface area contributed by atoms with Crippen LogP contribution in [0.1, 0.15) is 48.0 Å². The first-order valence-electron chi connectivity index (χ1n) is 7.36. The predicted octanol–water partition coefficient (Wildman–Crippen LogP) is 5.13. The Bertz CT molecular complexity index is 641. The lowest BCUT2D eigenvalue weighted by atomic mass is 9.79. The number of hydrogen-bond acceptors (Lipinski definition) is 1. The summed E-state index contributed by atoms with van der Waals surface area (Å²) in [5.74, 6) is 0.0859. The molecule has 2 atom stereocenters. The number of benzene rings is 2. The van der Waals surface area contributed by atoms with E-state index in [1.54, 1.807) is 12.1 Å². The van der Waals surface area contributed by atoms with E-state index in [1.165, 1.54) is 23.6 Å². The smallest absolute Gasteiger partial charge is 0.137 e. The Balaban J connectivity index is 1.79. The fourth-order valence-corrected chi connectivity index (χ4v) is 3.62. The molecule has 1 aliphatic rings. The molecule has 3 heteroatoms. The molecule has 1 nitrogen and oxygen atoms in total. The number of halogens is 2. The fourth-order valence-electron chi connectivity index (χ4n) is 3.22. The maximum Gasteiger partial charge on any atom is 0.137 e. The molecule has 0 saturated carbocycles. The van der Waals surface area contributed by atoms with E-state index in [1.807, 2.05) is 0 Å². The van der Waals surface area contributed by atoms with Gasteiger partial charge in [0.2, 0.25) is 0 Å². The third kappa shape index (κ3) is 3.19. The van der Waals surface area contributed by atoms with Gasteiger partial charge in [-0.25, -0.2) is 4.39 Å². The standard InChI is InChI=1S/C18H18BrFO/c19-16-10-14(8-9-17(16)20)18(21)11-13-6-3-5-12-4-1-2-7-15(12)13/h1-2,4,7-10,13,18,21H,3,5-6,11H2. The minimum Gasteiger partial charge on any atom is -0.388 e. The molecule has 21 heavy (non-hydrogen) atoms. The average Bonchev–Trinajstić information content (AvgIpc) is 2.50. The minimum atomic E-state index is -0.557. The van der Waals surface area contributed by atoms with Crippen molar-refractivity contribution in [1.82, 2.24) is 0 Å². The van der Waals surface area contributed by atoms with Crippen LogP contribution in [0.15, 0.2) is 46.9 Å². The van der Waals surface area contributed by atoms with E-state index < -0.39 is 6.10 Å². The molecule has 0 spiro atoms. The maximum atomic E-state index is 13.3. The summed E-state index contributed by atoms with van der Waals surface area (Å²) in [4.78, 5) is 0. The summed E-state index contributed by atoms with van der Waals surface area (Å²) in [6.45, 7) is 0. The number of aryl methyl sites for hydroxylation is 1. The number of aliphatic hydroxyl groups is 1. The zero-order chi connectivity index (χ0) is 14.8. The second kappa shape index (κ2) is 6.29. The largest absolute Gasteiger partial charge is 0.388 e. The molecule has 1 N–H and O–H groups in total. The van der Waals surface area contributed by atoms with Crippen molar-refractivity contribution in [3.8, 4) is 0 Å². The van der Waals surface area contributed by atoms with E-state index in [2.05, 4.69) is 40.2 Å². The molecule has 0 fully saturated rings. The van der Waals surface area contributed by atoms with Gasteiger partial charge in [0, 0.05) is 0 Å². The van der Waals surface area contributed by atoms with Crippen LogP contribution in [0.4, 0.5) is 4.39 Å². The molecule has 0 radical (unpaired) electrons. The third-order valence-corrected chi connectivity index (χ3v) is 4.94. The number of rotatable bonds is 3. The Morgan fingerprint density at radius 2 is 2.05 bits per heavy atom. The Morgan fingerprint density at radius 3 is 2.86 bits per heavy atom. The van der Waals surface area contributed by atoms with E-state index >= 15 is 0 Å². The lowest BCUT2D eigenvalue weighted by Crippen LogP contribution is -2.13. The SMILES string of the molecule is OC(CC1CCCc2ccccc21)c1ccc(F)c(Br)c1. The topological polar surface area (TPSA) is 20.2 Å². The van der Waals surface area contributed by atoms with Crippen LogP contribution in [0.5, 0.6) is 0 Å². The Morgan fingerprint density at radius 1 is 1.24 bits per heavy atom. The Labute approximate surface area is 132 Å². The molecular formula is C18H18BrFO. The summed E-state index contributed by atoms with van der Waals surface area (Å²) >= 11 is 3.18. The van der Waals surface area contributed by atoms with Crippen LogP contribution in [0.25, 0.3) is 0 Å². The predicted molar refractivity (Wildman–Crippen MR) is 85.8 cm³/mol. The molecule has 0 saturated heterocycles. The molecule has 0 bridgehead atoms. The van der Waals surface area contributed by atoms with Crippen LogP contribution in [0.2, 0.25) is 0 Å². The van der Waals surface area contributed by atoms with Gasteiger partial charge in [0.1, 0.15) is 5.82 Å². The van der Waals surface area contributed by atoms with Crippen LogP contribution in [0, 0.1) is 5.82 Å². The number of aliphatic hydroxyl groups excluding tert-OH is 1. The van der Waals surface area contributed by atoms with Crippen molar-refractivity contribution in [3.05, 3.63) is 69.4 Å². The molecule has 2 aromatic carbocycles. The van der Waals surface area contributed by atoms with Gasteiger partial charge in [0.25, 0.3) is 0 Å². The van der Waals surface area contributed by atoms with Gasteiger partial charge in [-0.2, -0.15) is 0 Å². The lowest BCUT2D eigenvalue weighted by molar-refractivity contribution is 0.154. The van der Waals surface area contributed by atoms with Gasteiger partial charge in [-0.05, 0) is 76.4 Å². The monoisotopic (exact) mass is 348 g/mol. The maximum absolute atomic E-state index is 13.3. The average molecular weight is 349 g/mol. The number of fused-ring (bicyclic) bond motifs is 1. The summed E-state index contributed by atoms with van der Waals surface area (Å²) in [6.07, 6.45) is 3.54. The van der Waals surface area contributed by atoms with Crippen LogP contribution in [-0.2, 0) is 6.42 Å². The van der Waals surface area contributed by atoms with E-state index in [9.17, 15) is 9.50 Å². The summed E-state index contributed by atoms with van der Waals surface area (Å²) < 4.78 is 13.7. The van der Waals surface area contributed by atoms with Gasteiger partial charge >= 0.3 is 0 Å². The molecule has 3 rings (SSSR count). The molecule has 110 valence electrons. The van der Waals surface area contributed by atoms with Crippen molar-refractivity contribution in [2.75, 3.05) is 0 Å². The fraction of sp³-hybridized carbons (Fsp3) is 0.333. The van der Waals surface area contributed by atoms with Crippen molar-refractivity contribution < 1.29 is 9.50 Å². The zero-order valence-corrected chi connectivity index (χ0v) is 13.3.